The van der Waals surface area contributed by atoms with Gasteiger partial charge in [-0.2, -0.15) is 5.26 Å². The van der Waals surface area contributed by atoms with Crippen molar-refractivity contribution in [2.45, 2.75) is 6.54 Å². The Labute approximate surface area is 110 Å². The van der Waals surface area contributed by atoms with Crippen molar-refractivity contribution in [2.75, 3.05) is 6.61 Å². The molecule has 2 aromatic rings. The maximum Gasteiger partial charge on any atom is 0.258 e. The number of carbonyl (C=O) groups excluding carboxylic acids is 1. The van der Waals surface area contributed by atoms with E-state index in [0.29, 0.717) is 23.7 Å². The summed E-state index contributed by atoms with van der Waals surface area (Å²) in [7, 11) is 0. The largest absolute Gasteiger partial charge is 0.482 e. The van der Waals surface area contributed by atoms with Crippen molar-refractivity contribution in [2.24, 2.45) is 0 Å². The number of rotatable bonds is 5. The lowest BCUT2D eigenvalue weighted by atomic mass is 10.2. The van der Waals surface area contributed by atoms with Crippen LogP contribution in [0.25, 0.3) is 0 Å². The molecule has 0 aliphatic carbocycles. The van der Waals surface area contributed by atoms with Gasteiger partial charge < -0.3 is 15.0 Å². The fourth-order valence-corrected chi connectivity index (χ4v) is 1.46. The summed E-state index contributed by atoms with van der Waals surface area (Å²) >= 11 is 0. The van der Waals surface area contributed by atoms with Crippen LogP contribution in [0.15, 0.2) is 36.7 Å². The molecule has 0 atom stereocenters. The highest BCUT2D eigenvalue weighted by Gasteiger charge is 2.06. The average Bonchev–Trinajstić information content (AvgIpc) is 2.96. The number of hydrogen-bond acceptors (Lipinski definition) is 4. The van der Waals surface area contributed by atoms with Crippen molar-refractivity contribution in [3.8, 4) is 11.8 Å². The van der Waals surface area contributed by atoms with Crippen LogP contribution in [0.2, 0.25) is 0 Å². The zero-order valence-corrected chi connectivity index (χ0v) is 10.1. The van der Waals surface area contributed by atoms with E-state index in [1.54, 1.807) is 36.7 Å². The molecule has 0 aliphatic rings. The van der Waals surface area contributed by atoms with Gasteiger partial charge in [-0.05, 0) is 12.1 Å². The summed E-state index contributed by atoms with van der Waals surface area (Å²) in [6.07, 6.45) is 3.29. The number of aromatic amines is 1. The Bertz CT molecular complexity index is 587. The molecule has 1 heterocycles. The smallest absolute Gasteiger partial charge is 0.258 e. The second kappa shape index (κ2) is 6.21. The third kappa shape index (κ3) is 3.57. The van der Waals surface area contributed by atoms with Gasteiger partial charge in [0.1, 0.15) is 17.6 Å². The first-order chi connectivity index (χ1) is 9.29. The number of aromatic nitrogens is 2. The van der Waals surface area contributed by atoms with Gasteiger partial charge in [-0.1, -0.05) is 12.1 Å². The molecule has 6 nitrogen and oxygen atoms in total. The number of nitrogens with one attached hydrogen (secondary N) is 2. The van der Waals surface area contributed by atoms with Crippen LogP contribution in [0.5, 0.6) is 5.75 Å². The van der Waals surface area contributed by atoms with E-state index in [-0.39, 0.29) is 12.5 Å². The van der Waals surface area contributed by atoms with Crippen molar-refractivity contribution in [1.29, 1.82) is 5.26 Å². The number of nitrogens with zero attached hydrogens (tertiary/aromatic N) is 2. The molecule has 2 rings (SSSR count). The standard InChI is InChI=1S/C13H12N4O2/c14-7-10-3-1-2-4-11(10)19-9-13(18)17-8-12-15-5-6-16-12/h1-6H,8-9H2,(H,15,16)(H,17,18). The van der Waals surface area contributed by atoms with Gasteiger partial charge in [-0.25, -0.2) is 4.98 Å². The molecule has 0 bridgehead atoms. The first-order valence-corrected chi connectivity index (χ1v) is 5.66. The van der Waals surface area contributed by atoms with Crippen LogP contribution < -0.4 is 10.1 Å². The quantitative estimate of drug-likeness (QED) is 0.834. The summed E-state index contributed by atoms with van der Waals surface area (Å²) in [5, 5.41) is 11.5. The van der Waals surface area contributed by atoms with E-state index in [2.05, 4.69) is 15.3 Å². The topological polar surface area (TPSA) is 90.8 Å². The zero-order chi connectivity index (χ0) is 13.5. The Morgan fingerprint density at radius 2 is 2.32 bits per heavy atom. The van der Waals surface area contributed by atoms with Crippen LogP contribution >= 0.6 is 0 Å². The molecule has 0 aliphatic heterocycles. The summed E-state index contributed by atoms with van der Waals surface area (Å²) < 4.78 is 5.29. The highest BCUT2D eigenvalue weighted by atomic mass is 16.5. The molecule has 96 valence electrons. The van der Waals surface area contributed by atoms with Crippen LogP contribution in [-0.4, -0.2) is 22.5 Å². The third-order valence-electron chi connectivity index (χ3n) is 2.37. The number of H-pyrrole nitrogens is 1. The second-order valence-electron chi connectivity index (χ2n) is 3.71. The minimum atomic E-state index is -0.274. The minimum Gasteiger partial charge on any atom is -0.482 e. The predicted octanol–water partition coefficient (Wildman–Crippen LogP) is 0.977. The Hall–Kier alpha value is -2.81. The van der Waals surface area contributed by atoms with Gasteiger partial charge in [0, 0.05) is 12.4 Å². The average molecular weight is 256 g/mol. The molecule has 0 spiro atoms. The molecule has 0 fully saturated rings. The Morgan fingerprint density at radius 3 is 3.05 bits per heavy atom. The number of hydrogen-bond donors (Lipinski definition) is 2. The Kier molecular flexibility index (Phi) is 4.13. The summed E-state index contributed by atoms with van der Waals surface area (Å²) in [5.41, 5.74) is 0.404. The van der Waals surface area contributed by atoms with Gasteiger partial charge in [0.25, 0.3) is 5.91 Å². The van der Waals surface area contributed by atoms with Crippen molar-refractivity contribution < 1.29 is 9.53 Å². The molecule has 1 amide bonds. The van der Waals surface area contributed by atoms with Gasteiger partial charge in [0.2, 0.25) is 0 Å². The first kappa shape index (κ1) is 12.6. The SMILES string of the molecule is N#Cc1ccccc1OCC(=O)NCc1ncc[nH]1. The third-order valence-corrected chi connectivity index (χ3v) is 2.37. The van der Waals surface area contributed by atoms with Crippen LogP contribution in [-0.2, 0) is 11.3 Å². The fourth-order valence-electron chi connectivity index (χ4n) is 1.46. The summed E-state index contributed by atoms with van der Waals surface area (Å²) in [4.78, 5) is 18.4. The predicted molar refractivity (Wildman–Crippen MR) is 67.1 cm³/mol. The van der Waals surface area contributed by atoms with E-state index in [9.17, 15) is 4.79 Å². The van der Waals surface area contributed by atoms with Gasteiger partial charge in [0.15, 0.2) is 6.61 Å². The maximum absolute atomic E-state index is 11.6. The van der Waals surface area contributed by atoms with Crippen LogP contribution in [0.4, 0.5) is 0 Å². The van der Waals surface area contributed by atoms with E-state index < -0.39 is 0 Å². The molecule has 19 heavy (non-hydrogen) atoms. The van der Waals surface area contributed by atoms with E-state index in [1.165, 1.54) is 0 Å². The van der Waals surface area contributed by atoms with Crippen molar-refractivity contribution >= 4 is 5.91 Å². The summed E-state index contributed by atoms with van der Waals surface area (Å²) in [6.45, 7) is 0.175. The molecular weight excluding hydrogens is 244 g/mol. The molecule has 0 unspecified atom stereocenters. The monoisotopic (exact) mass is 256 g/mol. The summed E-state index contributed by atoms with van der Waals surface area (Å²) in [5.74, 6) is 0.799. The van der Waals surface area contributed by atoms with E-state index in [1.807, 2.05) is 6.07 Å². The van der Waals surface area contributed by atoms with Crippen molar-refractivity contribution in [3.63, 3.8) is 0 Å². The second-order valence-corrected chi connectivity index (χ2v) is 3.71. The zero-order valence-electron chi connectivity index (χ0n) is 10.1. The van der Waals surface area contributed by atoms with E-state index >= 15 is 0 Å². The number of para-hydroxylation sites is 1. The molecule has 2 N–H and O–H groups in total. The lowest BCUT2D eigenvalue weighted by Gasteiger charge is -2.07. The summed E-state index contributed by atoms with van der Waals surface area (Å²) in [6, 6.07) is 8.77. The maximum atomic E-state index is 11.6. The van der Waals surface area contributed by atoms with E-state index in [0.717, 1.165) is 0 Å². The number of ether oxygens (including phenoxy) is 1. The van der Waals surface area contributed by atoms with Crippen molar-refractivity contribution in [1.82, 2.24) is 15.3 Å². The first-order valence-electron chi connectivity index (χ1n) is 5.66. The normalized spacial score (nSPS) is 9.63. The van der Waals surface area contributed by atoms with Gasteiger partial charge in [-0.3, -0.25) is 4.79 Å². The minimum absolute atomic E-state index is 0.139. The number of amides is 1. The molecule has 0 radical (unpaired) electrons. The van der Waals surface area contributed by atoms with Crippen LogP contribution in [0, 0.1) is 11.3 Å². The lowest BCUT2D eigenvalue weighted by molar-refractivity contribution is -0.123. The molecule has 1 aromatic heterocycles. The Morgan fingerprint density at radius 1 is 1.47 bits per heavy atom. The fraction of sp³-hybridized carbons (Fsp3) is 0.154. The molecular formula is C13H12N4O2. The van der Waals surface area contributed by atoms with Gasteiger partial charge >= 0.3 is 0 Å². The van der Waals surface area contributed by atoms with Crippen LogP contribution in [0.1, 0.15) is 11.4 Å². The molecule has 1 aromatic carbocycles. The lowest BCUT2D eigenvalue weighted by Crippen LogP contribution is -2.28. The van der Waals surface area contributed by atoms with Gasteiger partial charge in [0.05, 0.1) is 12.1 Å². The number of carbonyl (C=O) groups is 1. The number of imidazole rings is 1. The Balaban J connectivity index is 1.82. The van der Waals surface area contributed by atoms with Crippen molar-refractivity contribution in [3.05, 3.63) is 48.0 Å². The molecule has 6 heteroatoms. The molecule has 0 saturated heterocycles. The van der Waals surface area contributed by atoms with Gasteiger partial charge in [-0.15, -0.1) is 0 Å². The number of nitriles is 1. The molecule has 0 saturated carbocycles. The number of benzene rings is 1. The van der Waals surface area contributed by atoms with Crippen LogP contribution in [0.3, 0.4) is 0 Å². The highest BCUT2D eigenvalue weighted by molar-refractivity contribution is 5.77. The van der Waals surface area contributed by atoms with E-state index in [4.69, 9.17) is 10.00 Å². The highest BCUT2D eigenvalue weighted by Crippen LogP contribution is 2.15.